The van der Waals surface area contributed by atoms with E-state index < -0.39 is 0 Å². The molecule has 0 bridgehead atoms. The Morgan fingerprint density at radius 3 is 2.42 bits per heavy atom. The van der Waals surface area contributed by atoms with Gasteiger partial charge in [-0.15, -0.1) is 0 Å². The summed E-state index contributed by atoms with van der Waals surface area (Å²) in [5, 5.41) is 9.25. The molecule has 7 heteroatoms. The van der Waals surface area contributed by atoms with E-state index in [1.165, 1.54) is 13.3 Å². The van der Waals surface area contributed by atoms with Crippen LogP contribution >= 0.6 is 0 Å². The third-order valence-electron chi connectivity index (χ3n) is 3.23. The summed E-state index contributed by atoms with van der Waals surface area (Å²) in [6.45, 7) is 3.38. The minimum Gasteiger partial charge on any atom is -0.370 e. The molecule has 0 saturated carbocycles. The number of amides is 1. The normalized spacial score (nSPS) is 10.5. The molecule has 0 saturated heterocycles. The number of aromatic nitrogens is 2. The Labute approximate surface area is 142 Å². The van der Waals surface area contributed by atoms with Crippen LogP contribution in [-0.2, 0) is 4.79 Å². The van der Waals surface area contributed by atoms with Gasteiger partial charge in [0.25, 0.3) is 0 Å². The lowest BCUT2D eigenvalue weighted by Crippen LogP contribution is -2.16. The van der Waals surface area contributed by atoms with Crippen molar-refractivity contribution in [3.8, 4) is 0 Å². The molecule has 1 aromatic heterocycles. The second-order valence-corrected chi connectivity index (χ2v) is 5.76. The molecule has 0 aliphatic heterocycles. The Morgan fingerprint density at radius 1 is 1.08 bits per heavy atom. The highest BCUT2D eigenvalue weighted by Crippen LogP contribution is 2.18. The number of nitrogens with zero attached hydrogens (tertiary/aromatic N) is 3. The van der Waals surface area contributed by atoms with Crippen LogP contribution in [0.3, 0.4) is 0 Å². The molecule has 0 atom stereocenters. The number of hydrogen-bond donors (Lipinski definition) is 3. The van der Waals surface area contributed by atoms with Crippen LogP contribution in [0.25, 0.3) is 0 Å². The van der Waals surface area contributed by atoms with E-state index in [4.69, 9.17) is 0 Å². The van der Waals surface area contributed by atoms with E-state index in [0.717, 1.165) is 36.7 Å². The van der Waals surface area contributed by atoms with Crippen molar-refractivity contribution < 1.29 is 4.79 Å². The molecule has 2 aromatic rings. The summed E-state index contributed by atoms with van der Waals surface area (Å²) in [6.07, 6.45) is 2.58. The molecule has 128 valence electrons. The first-order valence-corrected chi connectivity index (χ1v) is 7.88. The maximum absolute atomic E-state index is 11.0. The zero-order chi connectivity index (χ0) is 17.4. The van der Waals surface area contributed by atoms with Crippen molar-refractivity contribution in [2.45, 2.75) is 13.3 Å². The lowest BCUT2D eigenvalue weighted by Gasteiger charge is -2.11. The number of nitrogens with one attached hydrogen (secondary N) is 3. The molecule has 0 spiro atoms. The number of rotatable bonds is 8. The molecule has 24 heavy (non-hydrogen) atoms. The highest BCUT2D eigenvalue weighted by atomic mass is 16.1. The predicted octanol–water partition coefficient (Wildman–Crippen LogP) is 2.54. The smallest absolute Gasteiger partial charge is 0.221 e. The van der Waals surface area contributed by atoms with Gasteiger partial charge in [0.2, 0.25) is 5.91 Å². The first kappa shape index (κ1) is 17.7. The monoisotopic (exact) mass is 328 g/mol. The molecule has 1 amide bonds. The Bertz CT molecular complexity index is 656. The van der Waals surface area contributed by atoms with Crippen molar-refractivity contribution in [2.24, 2.45) is 0 Å². The molecule has 0 aliphatic rings. The van der Waals surface area contributed by atoms with Crippen molar-refractivity contribution in [1.82, 2.24) is 14.9 Å². The van der Waals surface area contributed by atoms with Gasteiger partial charge in [-0.3, -0.25) is 4.79 Å². The first-order chi connectivity index (χ1) is 11.5. The standard InChI is InChI=1S/C17H24N6O/c1-13(24)21-14-5-7-15(8-6-14)22-17-11-16(19-12-20-17)18-9-4-10-23(2)3/h5-8,11-12H,4,9-10H2,1-3H3,(H,21,24)(H2,18,19,20,22). The van der Waals surface area contributed by atoms with E-state index in [1.807, 2.05) is 30.3 Å². The van der Waals surface area contributed by atoms with E-state index >= 15 is 0 Å². The van der Waals surface area contributed by atoms with Crippen LogP contribution in [-0.4, -0.2) is 48.0 Å². The predicted molar refractivity (Wildman–Crippen MR) is 97.7 cm³/mol. The maximum atomic E-state index is 11.0. The van der Waals surface area contributed by atoms with Crippen molar-refractivity contribution in [3.05, 3.63) is 36.7 Å². The first-order valence-electron chi connectivity index (χ1n) is 7.88. The fourth-order valence-corrected chi connectivity index (χ4v) is 2.12. The summed E-state index contributed by atoms with van der Waals surface area (Å²) in [5.74, 6) is 1.42. The number of hydrogen-bond acceptors (Lipinski definition) is 6. The van der Waals surface area contributed by atoms with Crippen LogP contribution in [0.5, 0.6) is 0 Å². The van der Waals surface area contributed by atoms with Gasteiger partial charge in [-0.2, -0.15) is 0 Å². The molecule has 3 N–H and O–H groups in total. The summed E-state index contributed by atoms with van der Waals surface area (Å²) in [5.41, 5.74) is 1.65. The number of carbonyl (C=O) groups excluding carboxylic acids is 1. The van der Waals surface area contributed by atoms with Gasteiger partial charge >= 0.3 is 0 Å². The minimum atomic E-state index is -0.0866. The van der Waals surface area contributed by atoms with Crippen LogP contribution in [0.4, 0.5) is 23.0 Å². The lowest BCUT2D eigenvalue weighted by atomic mass is 10.2. The highest BCUT2D eigenvalue weighted by molar-refractivity contribution is 5.88. The summed E-state index contributed by atoms with van der Waals surface area (Å²) >= 11 is 0. The summed E-state index contributed by atoms with van der Waals surface area (Å²) in [4.78, 5) is 21.6. The van der Waals surface area contributed by atoms with Gasteiger partial charge in [-0.1, -0.05) is 0 Å². The average Bonchev–Trinajstić information content (AvgIpc) is 2.53. The van der Waals surface area contributed by atoms with E-state index in [-0.39, 0.29) is 5.91 Å². The van der Waals surface area contributed by atoms with Gasteiger partial charge < -0.3 is 20.9 Å². The Kier molecular flexibility index (Phi) is 6.51. The molecule has 0 radical (unpaired) electrons. The number of anilines is 4. The molecule has 1 aromatic carbocycles. The van der Waals surface area contributed by atoms with Crippen molar-refractivity contribution >= 4 is 28.9 Å². The van der Waals surface area contributed by atoms with Crippen LogP contribution in [0.15, 0.2) is 36.7 Å². The van der Waals surface area contributed by atoms with Gasteiger partial charge in [0.15, 0.2) is 0 Å². The molecule has 0 aliphatic carbocycles. The van der Waals surface area contributed by atoms with E-state index in [9.17, 15) is 4.79 Å². The molecular weight excluding hydrogens is 304 g/mol. The molecule has 0 fully saturated rings. The van der Waals surface area contributed by atoms with E-state index in [1.54, 1.807) is 0 Å². The molecule has 0 unspecified atom stereocenters. The number of carbonyl (C=O) groups is 1. The quantitative estimate of drug-likeness (QED) is 0.646. The molecule has 7 nitrogen and oxygen atoms in total. The largest absolute Gasteiger partial charge is 0.370 e. The van der Waals surface area contributed by atoms with Crippen LogP contribution in [0.2, 0.25) is 0 Å². The third kappa shape index (κ3) is 6.21. The lowest BCUT2D eigenvalue weighted by molar-refractivity contribution is -0.114. The van der Waals surface area contributed by atoms with Gasteiger partial charge in [-0.25, -0.2) is 9.97 Å². The molecule has 2 rings (SSSR count). The Balaban J connectivity index is 1.90. The molecular formula is C17H24N6O. The zero-order valence-electron chi connectivity index (χ0n) is 14.3. The Hall–Kier alpha value is -2.67. The van der Waals surface area contributed by atoms with Gasteiger partial charge in [0, 0.05) is 30.9 Å². The van der Waals surface area contributed by atoms with Crippen LogP contribution in [0, 0.1) is 0 Å². The van der Waals surface area contributed by atoms with Gasteiger partial charge in [-0.05, 0) is 51.3 Å². The summed E-state index contributed by atoms with van der Waals surface area (Å²) in [6, 6.07) is 9.32. The Morgan fingerprint density at radius 2 is 1.75 bits per heavy atom. The second kappa shape index (κ2) is 8.83. The topological polar surface area (TPSA) is 82.2 Å². The van der Waals surface area contributed by atoms with Crippen LogP contribution < -0.4 is 16.0 Å². The fraction of sp³-hybridized carbons (Fsp3) is 0.353. The van der Waals surface area contributed by atoms with Gasteiger partial charge in [0.05, 0.1) is 0 Å². The third-order valence-corrected chi connectivity index (χ3v) is 3.23. The minimum absolute atomic E-state index is 0.0866. The fourth-order valence-electron chi connectivity index (χ4n) is 2.12. The highest BCUT2D eigenvalue weighted by Gasteiger charge is 2.01. The molecule has 1 heterocycles. The summed E-state index contributed by atoms with van der Waals surface area (Å²) in [7, 11) is 4.12. The maximum Gasteiger partial charge on any atom is 0.221 e. The average molecular weight is 328 g/mol. The van der Waals surface area contributed by atoms with Crippen LogP contribution in [0.1, 0.15) is 13.3 Å². The summed E-state index contributed by atoms with van der Waals surface area (Å²) < 4.78 is 0. The SMILES string of the molecule is CC(=O)Nc1ccc(Nc2cc(NCCCN(C)C)ncn2)cc1. The van der Waals surface area contributed by atoms with Gasteiger partial charge in [0.1, 0.15) is 18.0 Å². The van der Waals surface area contributed by atoms with E-state index in [2.05, 4.69) is 44.9 Å². The van der Waals surface area contributed by atoms with Crippen molar-refractivity contribution in [1.29, 1.82) is 0 Å². The van der Waals surface area contributed by atoms with Crippen molar-refractivity contribution in [2.75, 3.05) is 43.1 Å². The zero-order valence-corrected chi connectivity index (χ0v) is 14.3. The van der Waals surface area contributed by atoms with E-state index in [0.29, 0.717) is 5.82 Å². The van der Waals surface area contributed by atoms with Crippen molar-refractivity contribution in [3.63, 3.8) is 0 Å². The second-order valence-electron chi connectivity index (χ2n) is 5.76. The number of benzene rings is 1.